The third kappa shape index (κ3) is 4.63. The number of nitrogens with zero attached hydrogens (tertiary/aromatic N) is 1. The molecule has 0 fully saturated rings. The molecule has 1 heterocycles. The molecule has 0 aliphatic carbocycles. The average Bonchev–Trinajstić information content (AvgIpc) is 2.25. The second-order valence-electron chi connectivity index (χ2n) is 3.31. The smallest absolute Gasteiger partial charge is 0.305 e. The zero-order chi connectivity index (χ0) is 11.8. The first-order valence-electron chi connectivity index (χ1n) is 5.33. The van der Waals surface area contributed by atoms with Crippen LogP contribution in [0.3, 0.4) is 0 Å². The molecule has 0 spiro atoms. The second kappa shape index (κ2) is 6.66. The van der Waals surface area contributed by atoms with Crippen LogP contribution < -0.4 is 11.1 Å². The fourth-order valence-corrected chi connectivity index (χ4v) is 1.23. The van der Waals surface area contributed by atoms with Crippen molar-refractivity contribution in [3.05, 3.63) is 18.3 Å². The van der Waals surface area contributed by atoms with E-state index in [9.17, 15) is 4.79 Å². The molecule has 5 heteroatoms. The van der Waals surface area contributed by atoms with Crippen molar-refractivity contribution in [2.45, 2.75) is 19.8 Å². The van der Waals surface area contributed by atoms with E-state index in [2.05, 4.69) is 10.3 Å². The van der Waals surface area contributed by atoms with Gasteiger partial charge in [0.05, 0.1) is 6.61 Å². The molecule has 0 unspecified atom stereocenters. The summed E-state index contributed by atoms with van der Waals surface area (Å²) in [4.78, 5) is 15.1. The first kappa shape index (κ1) is 12.3. The number of rotatable bonds is 6. The number of ether oxygens (including phenoxy) is 1. The van der Waals surface area contributed by atoms with Crippen molar-refractivity contribution in [2.24, 2.45) is 0 Å². The molecule has 0 aromatic carbocycles. The molecule has 88 valence electrons. The van der Waals surface area contributed by atoms with E-state index < -0.39 is 0 Å². The van der Waals surface area contributed by atoms with Crippen LogP contribution in [0, 0.1) is 0 Å². The lowest BCUT2D eigenvalue weighted by Crippen LogP contribution is -2.08. The Labute approximate surface area is 95.0 Å². The molecule has 0 bridgehead atoms. The molecule has 0 aliphatic rings. The third-order valence-electron chi connectivity index (χ3n) is 1.95. The fourth-order valence-electron chi connectivity index (χ4n) is 1.23. The van der Waals surface area contributed by atoms with Gasteiger partial charge >= 0.3 is 5.97 Å². The molecule has 0 atom stereocenters. The highest BCUT2D eigenvalue weighted by Gasteiger charge is 2.00. The number of aromatic nitrogens is 1. The first-order valence-corrected chi connectivity index (χ1v) is 5.33. The van der Waals surface area contributed by atoms with Crippen LogP contribution in [0.5, 0.6) is 0 Å². The molecule has 0 aliphatic heterocycles. The SMILES string of the molecule is CCOC(=O)CCCNc1cc(N)ccn1. The minimum absolute atomic E-state index is 0.162. The van der Waals surface area contributed by atoms with Gasteiger partial charge in [0.1, 0.15) is 5.82 Å². The second-order valence-corrected chi connectivity index (χ2v) is 3.31. The summed E-state index contributed by atoms with van der Waals surface area (Å²) >= 11 is 0. The highest BCUT2D eigenvalue weighted by molar-refractivity contribution is 5.69. The van der Waals surface area contributed by atoms with Crippen molar-refractivity contribution < 1.29 is 9.53 Å². The van der Waals surface area contributed by atoms with Gasteiger partial charge in [-0.2, -0.15) is 0 Å². The molecule has 3 N–H and O–H groups in total. The number of carbonyl (C=O) groups excluding carboxylic acids is 1. The molecule has 0 saturated heterocycles. The van der Waals surface area contributed by atoms with Crippen LogP contribution in [0.15, 0.2) is 18.3 Å². The van der Waals surface area contributed by atoms with E-state index in [1.807, 2.05) is 0 Å². The van der Waals surface area contributed by atoms with E-state index in [0.717, 1.165) is 12.2 Å². The molecule has 16 heavy (non-hydrogen) atoms. The number of esters is 1. The summed E-state index contributed by atoms with van der Waals surface area (Å²) < 4.78 is 4.81. The number of hydrogen-bond acceptors (Lipinski definition) is 5. The normalized spacial score (nSPS) is 9.81. The maximum atomic E-state index is 11.0. The molecule has 0 radical (unpaired) electrons. The monoisotopic (exact) mass is 223 g/mol. The highest BCUT2D eigenvalue weighted by atomic mass is 16.5. The fraction of sp³-hybridized carbons (Fsp3) is 0.455. The van der Waals surface area contributed by atoms with Crippen LogP contribution in [0.1, 0.15) is 19.8 Å². The number of nitrogens with one attached hydrogen (secondary N) is 1. The van der Waals surface area contributed by atoms with Crippen molar-refractivity contribution in [1.29, 1.82) is 0 Å². The molecule has 1 aromatic rings. The average molecular weight is 223 g/mol. The summed E-state index contributed by atoms with van der Waals surface area (Å²) in [5.41, 5.74) is 6.27. The molecule has 1 aromatic heterocycles. The van der Waals surface area contributed by atoms with Crippen molar-refractivity contribution in [2.75, 3.05) is 24.2 Å². The third-order valence-corrected chi connectivity index (χ3v) is 1.95. The van der Waals surface area contributed by atoms with Crippen molar-refractivity contribution in [3.63, 3.8) is 0 Å². The number of hydrogen-bond donors (Lipinski definition) is 2. The number of anilines is 2. The Hall–Kier alpha value is -1.78. The Balaban J connectivity index is 2.18. The van der Waals surface area contributed by atoms with Gasteiger partial charge in [0.25, 0.3) is 0 Å². The Morgan fingerprint density at radius 1 is 1.62 bits per heavy atom. The summed E-state index contributed by atoms with van der Waals surface area (Å²) in [6.45, 7) is 2.91. The Kier molecular flexibility index (Phi) is 5.11. The van der Waals surface area contributed by atoms with Gasteiger partial charge < -0.3 is 15.8 Å². The standard InChI is InChI=1S/C11H17N3O2/c1-2-16-11(15)4-3-6-13-10-8-9(12)5-7-14-10/h5,7-8H,2-4,6H2,1H3,(H3,12,13,14). The molecule has 1 rings (SSSR count). The lowest BCUT2D eigenvalue weighted by Gasteiger charge is -2.05. The maximum Gasteiger partial charge on any atom is 0.305 e. The van der Waals surface area contributed by atoms with Crippen LogP contribution in [-0.4, -0.2) is 24.1 Å². The van der Waals surface area contributed by atoms with E-state index in [1.54, 1.807) is 25.3 Å². The summed E-state index contributed by atoms with van der Waals surface area (Å²) in [5.74, 6) is 0.564. The van der Waals surface area contributed by atoms with Crippen LogP contribution in [0.4, 0.5) is 11.5 Å². The number of carbonyl (C=O) groups is 1. The van der Waals surface area contributed by atoms with E-state index in [0.29, 0.717) is 25.3 Å². The van der Waals surface area contributed by atoms with Crippen LogP contribution in [-0.2, 0) is 9.53 Å². The van der Waals surface area contributed by atoms with Crippen LogP contribution in [0.25, 0.3) is 0 Å². The van der Waals surface area contributed by atoms with Gasteiger partial charge in [-0.25, -0.2) is 4.98 Å². The summed E-state index contributed by atoms with van der Waals surface area (Å²) in [5, 5.41) is 3.08. The number of pyridine rings is 1. The van der Waals surface area contributed by atoms with E-state index in [1.165, 1.54) is 0 Å². The zero-order valence-corrected chi connectivity index (χ0v) is 9.40. The molecule has 5 nitrogen and oxygen atoms in total. The van der Waals surface area contributed by atoms with Crippen molar-refractivity contribution in [1.82, 2.24) is 4.98 Å². The summed E-state index contributed by atoms with van der Waals surface area (Å²) in [6.07, 6.45) is 2.78. The van der Waals surface area contributed by atoms with E-state index in [4.69, 9.17) is 10.5 Å². The Bertz CT molecular complexity index is 342. The van der Waals surface area contributed by atoms with Crippen LogP contribution >= 0.6 is 0 Å². The predicted octanol–water partition coefficient (Wildman–Crippen LogP) is 1.42. The minimum Gasteiger partial charge on any atom is -0.466 e. The Morgan fingerprint density at radius 2 is 2.44 bits per heavy atom. The van der Waals surface area contributed by atoms with Crippen molar-refractivity contribution >= 4 is 17.5 Å². The van der Waals surface area contributed by atoms with Gasteiger partial charge in [-0.15, -0.1) is 0 Å². The van der Waals surface area contributed by atoms with Gasteiger partial charge in [0.15, 0.2) is 0 Å². The zero-order valence-electron chi connectivity index (χ0n) is 9.40. The summed E-state index contributed by atoms with van der Waals surface area (Å²) in [7, 11) is 0. The van der Waals surface area contributed by atoms with Gasteiger partial charge in [-0.1, -0.05) is 0 Å². The lowest BCUT2D eigenvalue weighted by atomic mass is 10.3. The van der Waals surface area contributed by atoms with Gasteiger partial charge in [-0.05, 0) is 19.4 Å². The number of nitrogen functional groups attached to an aromatic ring is 1. The quantitative estimate of drug-likeness (QED) is 0.563. The maximum absolute atomic E-state index is 11.0. The molecular weight excluding hydrogens is 206 g/mol. The summed E-state index contributed by atoms with van der Waals surface area (Å²) in [6, 6.07) is 3.48. The molecule has 0 saturated carbocycles. The van der Waals surface area contributed by atoms with Crippen LogP contribution in [0.2, 0.25) is 0 Å². The van der Waals surface area contributed by atoms with E-state index >= 15 is 0 Å². The van der Waals surface area contributed by atoms with E-state index in [-0.39, 0.29) is 5.97 Å². The highest BCUT2D eigenvalue weighted by Crippen LogP contribution is 2.07. The molecule has 0 amide bonds. The Morgan fingerprint density at radius 3 is 3.12 bits per heavy atom. The largest absolute Gasteiger partial charge is 0.466 e. The van der Waals surface area contributed by atoms with Crippen molar-refractivity contribution in [3.8, 4) is 0 Å². The molecular formula is C11H17N3O2. The van der Waals surface area contributed by atoms with Gasteiger partial charge in [-0.3, -0.25) is 4.79 Å². The minimum atomic E-state index is -0.162. The topological polar surface area (TPSA) is 77.2 Å². The number of nitrogens with two attached hydrogens (primary N) is 1. The van der Waals surface area contributed by atoms with Gasteiger partial charge in [0.2, 0.25) is 0 Å². The predicted molar refractivity (Wildman–Crippen MR) is 63.0 cm³/mol. The first-order chi connectivity index (χ1) is 7.72. The lowest BCUT2D eigenvalue weighted by molar-refractivity contribution is -0.143. The van der Waals surface area contributed by atoms with Gasteiger partial charge in [0, 0.05) is 30.9 Å².